The maximum absolute atomic E-state index is 12.9. The van der Waals surface area contributed by atoms with E-state index in [4.69, 9.17) is 0 Å². The average Bonchev–Trinajstić information content (AvgIpc) is 2.83. The molecule has 5 aliphatic rings. The summed E-state index contributed by atoms with van der Waals surface area (Å²) in [5.74, 6) is 2.64. The van der Waals surface area contributed by atoms with E-state index in [1.54, 1.807) is 0 Å². The van der Waals surface area contributed by atoms with Gasteiger partial charge in [0, 0.05) is 43.1 Å². The zero-order valence-corrected chi connectivity index (χ0v) is 21.3. The molecule has 4 aliphatic carbocycles. The number of aryl methyl sites for hydroxylation is 1. The highest BCUT2D eigenvalue weighted by atomic mass is 16.2. The number of nitrogens with one attached hydrogen (secondary N) is 2. The molecule has 0 radical (unpaired) electrons. The Bertz CT molecular complexity index is 1080. The molecule has 6 heteroatoms. The van der Waals surface area contributed by atoms with Crippen LogP contribution in [0.1, 0.15) is 49.7 Å². The molecule has 1 saturated heterocycles. The molecule has 7 rings (SSSR count). The molecule has 3 amide bonds. The molecule has 4 saturated carbocycles. The summed E-state index contributed by atoms with van der Waals surface area (Å²) >= 11 is 0. The summed E-state index contributed by atoms with van der Waals surface area (Å²) in [5.41, 5.74) is 4.25. The summed E-state index contributed by atoms with van der Waals surface area (Å²) in [7, 11) is 0. The third-order valence-corrected chi connectivity index (χ3v) is 8.98. The summed E-state index contributed by atoms with van der Waals surface area (Å²) in [5, 5.41) is 6.46. The van der Waals surface area contributed by atoms with Crippen LogP contribution in [0.15, 0.2) is 48.5 Å². The van der Waals surface area contributed by atoms with Gasteiger partial charge in [-0.2, -0.15) is 0 Å². The number of carbonyl (C=O) groups is 2. The molecule has 0 unspecified atom stereocenters. The molecule has 6 nitrogen and oxygen atoms in total. The molecule has 2 aromatic carbocycles. The molecule has 5 fully saturated rings. The maximum atomic E-state index is 12.9. The maximum Gasteiger partial charge on any atom is 0.319 e. The van der Waals surface area contributed by atoms with Gasteiger partial charge in [0.05, 0.1) is 6.42 Å². The van der Waals surface area contributed by atoms with E-state index in [2.05, 4.69) is 46.7 Å². The van der Waals surface area contributed by atoms with Gasteiger partial charge in [-0.1, -0.05) is 29.8 Å². The molecular weight excluding hydrogens is 448 g/mol. The summed E-state index contributed by atoms with van der Waals surface area (Å²) in [6.07, 6.45) is 8.06. The number of amides is 3. The Balaban J connectivity index is 0.991. The second-order valence-electron chi connectivity index (χ2n) is 11.9. The third-order valence-electron chi connectivity index (χ3n) is 8.98. The van der Waals surface area contributed by atoms with E-state index >= 15 is 0 Å². The predicted molar refractivity (Wildman–Crippen MR) is 143 cm³/mol. The van der Waals surface area contributed by atoms with Crippen LogP contribution >= 0.6 is 0 Å². The predicted octanol–water partition coefficient (Wildman–Crippen LogP) is 4.98. The van der Waals surface area contributed by atoms with Crippen LogP contribution in [-0.4, -0.2) is 48.6 Å². The average molecular weight is 487 g/mol. The topological polar surface area (TPSA) is 64.7 Å². The number of hydrogen-bond acceptors (Lipinski definition) is 3. The van der Waals surface area contributed by atoms with Gasteiger partial charge in [-0.3, -0.25) is 4.79 Å². The van der Waals surface area contributed by atoms with Crippen molar-refractivity contribution in [3.63, 3.8) is 0 Å². The van der Waals surface area contributed by atoms with Crippen molar-refractivity contribution in [3.8, 4) is 0 Å². The van der Waals surface area contributed by atoms with Gasteiger partial charge in [0.1, 0.15) is 0 Å². The molecule has 0 atom stereocenters. The quantitative estimate of drug-likeness (QED) is 0.627. The molecule has 0 spiro atoms. The fourth-order valence-electron chi connectivity index (χ4n) is 7.75. The van der Waals surface area contributed by atoms with Crippen molar-refractivity contribution in [2.24, 2.45) is 17.8 Å². The Labute approximate surface area is 214 Å². The lowest BCUT2D eigenvalue weighted by molar-refractivity contribution is -0.130. The minimum absolute atomic E-state index is 0.0230. The van der Waals surface area contributed by atoms with Gasteiger partial charge in [0.15, 0.2) is 0 Å². The Morgan fingerprint density at radius 3 is 2.14 bits per heavy atom. The first-order valence-electron chi connectivity index (χ1n) is 13.7. The number of nitrogens with zero attached hydrogens (tertiary/aromatic N) is 2. The number of anilines is 2. The molecule has 2 N–H and O–H groups in total. The Kier molecular flexibility index (Phi) is 6.14. The van der Waals surface area contributed by atoms with Gasteiger partial charge in [0.2, 0.25) is 5.91 Å². The lowest BCUT2D eigenvalue weighted by Crippen LogP contribution is -2.60. The van der Waals surface area contributed by atoms with Gasteiger partial charge in [0.25, 0.3) is 0 Å². The normalized spacial score (nSPS) is 28.8. The zero-order valence-electron chi connectivity index (χ0n) is 21.3. The van der Waals surface area contributed by atoms with E-state index in [0.29, 0.717) is 6.42 Å². The van der Waals surface area contributed by atoms with Crippen LogP contribution in [0.5, 0.6) is 0 Å². The van der Waals surface area contributed by atoms with Gasteiger partial charge in [-0.15, -0.1) is 0 Å². The van der Waals surface area contributed by atoms with Crippen LogP contribution in [-0.2, 0) is 11.2 Å². The summed E-state index contributed by atoms with van der Waals surface area (Å²) in [6.45, 7) is 5.16. The van der Waals surface area contributed by atoms with Gasteiger partial charge >= 0.3 is 6.03 Å². The van der Waals surface area contributed by atoms with E-state index < -0.39 is 0 Å². The van der Waals surface area contributed by atoms with Crippen molar-refractivity contribution in [1.29, 1.82) is 0 Å². The number of piperazine rings is 1. The number of urea groups is 1. The first kappa shape index (κ1) is 23.4. The number of rotatable bonds is 5. The standard InChI is InChI=1S/C30H38N4O2/c1-21-3-2-4-22(13-21)17-28(35)34-11-9-33(10-12-34)27-7-5-26(6-8-27)31-29(36)32-30-18-23-14-24(19-30)16-25(15-23)20-30/h2-8,13,23-25H,9-12,14-20H2,1H3,(H2,31,32,36). The van der Waals surface area contributed by atoms with E-state index in [9.17, 15) is 9.59 Å². The lowest BCUT2D eigenvalue weighted by Gasteiger charge is -2.56. The van der Waals surface area contributed by atoms with E-state index in [-0.39, 0.29) is 17.5 Å². The van der Waals surface area contributed by atoms with Crippen molar-refractivity contribution in [1.82, 2.24) is 10.2 Å². The van der Waals surface area contributed by atoms with E-state index in [1.807, 2.05) is 29.2 Å². The Morgan fingerprint density at radius 1 is 0.889 bits per heavy atom. The molecule has 190 valence electrons. The molecule has 1 aliphatic heterocycles. The molecule has 36 heavy (non-hydrogen) atoms. The van der Waals surface area contributed by atoms with E-state index in [0.717, 1.165) is 80.1 Å². The highest BCUT2D eigenvalue weighted by Crippen LogP contribution is 2.55. The highest BCUT2D eigenvalue weighted by molar-refractivity contribution is 5.90. The largest absolute Gasteiger partial charge is 0.368 e. The van der Waals surface area contributed by atoms with E-state index in [1.165, 1.54) is 24.8 Å². The summed E-state index contributed by atoms with van der Waals surface area (Å²) < 4.78 is 0. The van der Waals surface area contributed by atoms with Crippen LogP contribution in [0.3, 0.4) is 0 Å². The van der Waals surface area contributed by atoms with Crippen molar-refractivity contribution < 1.29 is 9.59 Å². The minimum atomic E-state index is -0.0644. The number of carbonyl (C=O) groups excluding carboxylic acids is 2. The fraction of sp³-hybridized carbons (Fsp3) is 0.533. The van der Waals surface area contributed by atoms with Crippen molar-refractivity contribution in [2.75, 3.05) is 36.4 Å². The smallest absolute Gasteiger partial charge is 0.319 e. The number of hydrogen-bond donors (Lipinski definition) is 2. The summed E-state index contributed by atoms with van der Waals surface area (Å²) in [6, 6.07) is 16.3. The monoisotopic (exact) mass is 486 g/mol. The molecular formula is C30H38N4O2. The number of benzene rings is 2. The second-order valence-corrected chi connectivity index (χ2v) is 11.9. The Morgan fingerprint density at radius 2 is 1.53 bits per heavy atom. The third kappa shape index (κ3) is 4.95. The second kappa shape index (κ2) is 9.45. The van der Waals surface area contributed by atoms with Crippen LogP contribution < -0.4 is 15.5 Å². The lowest BCUT2D eigenvalue weighted by atomic mass is 9.53. The Hall–Kier alpha value is -3.02. The fourth-order valence-corrected chi connectivity index (χ4v) is 7.75. The van der Waals surface area contributed by atoms with Crippen LogP contribution in [0.2, 0.25) is 0 Å². The summed E-state index contributed by atoms with van der Waals surface area (Å²) in [4.78, 5) is 29.9. The van der Waals surface area contributed by atoms with Gasteiger partial charge < -0.3 is 20.4 Å². The van der Waals surface area contributed by atoms with Crippen molar-refractivity contribution >= 4 is 23.3 Å². The van der Waals surface area contributed by atoms with Gasteiger partial charge in [-0.25, -0.2) is 4.79 Å². The molecule has 0 aromatic heterocycles. The molecule has 4 bridgehead atoms. The molecule has 2 aromatic rings. The minimum Gasteiger partial charge on any atom is -0.368 e. The van der Waals surface area contributed by atoms with Crippen molar-refractivity contribution in [2.45, 2.75) is 57.4 Å². The van der Waals surface area contributed by atoms with Crippen molar-refractivity contribution in [3.05, 3.63) is 59.7 Å². The SMILES string of the molecule is Cc1cccc(CC(=O)N2CCN(c3ccc(NC(=O)NC45CC6CC(CC(C6)C4)C5)cc3)CC2)c1. The first-order chi connectivity index (χ1) is 17.4. The van der Waals surface area contributed by atoms with Crippen LogP contribution in [0, 0.1) is 24.7 Å². The van der Waals surface area contributed by atoms with Crippen LogP contribution in [0.25, 0.3) is 0 Å². The highest BCUT2D eigenvalue weighted by Gasteiger charge is 2.51. The molecule has 1 heterocycles. The van der Waals surface area contributed by atoms with Crippen LogP contribution in [0.4, 0.5) is 16.2 Å². The van der Waals surface area contributed by atoms with Gasteiger partial charge in [-0.05, 0) is 93.0 Å². The first-order valence-corrected chi connectivity index (χ1v) is 13.7. The zero-order chi connectivity index (χ0) is 24.7.